The predicted molar refractivity (Wildman–Crippen MR) is 105 cm³/mol. The van der Waals surface area contributed by atoms with Gasteiger partial charge in [-0.1, -0.05) is 29.5 Å². The van der Waals surface area contributed by atoms with E-state index < -0.39 is 18.0 Å². The first-order valence-corrected chi connectivity index (χ1v) is 9.69. The van der Waals surface area contributed by atoms with Crippen molar-refractivity contribution in [1.29, 1.82) is 0 Å². The first-order valence-electron chi connectivity index (χ1n) is 8.87. The van der Waals surface area contributed by atoms with Crippen LogP contribution in [0, 0.1) is 0 Å². The number of fused-ring (bicyclic) bond motifs is 1. The maximum Gasteiger partial charge on any atom is 0.339 e. The maximum atomic E-state index is 12.7. The van der Waals surface area contributed by atoms with Crippen LogP contribution in [0.3, 0.4) is 0 Å². The molecule has 144 valence electrons. The molecule has 1 unspecified atom stereocenters. The molecular weight excluding hydrogens is 392 g/mol. The highest BCUT2D eigenvalue weighted by atomic mass is 32.1. The molecule has 0 saturated carbocycles. The number of cyclic esters (lactones) is 1. The van der Waals surface area contributed by atoms with Crippen LogP contribution >= 0.6 is 11.3 Å². The van der Waals surface area contributed by atoms with Crippen molar-refractivity contribution in [1.82, 2.24) is 4.98 Å². The summed E-state index contributed by atoms with van der Waals surface area (Å²) in [6.07, 6.45) is 2.52. The number of nitrogens with one attached hydrogen (secondary N) is 1. The van der Waals surface area contributed by atoms with E-state index in [2.05, 4.69) is 10.3 Å². The second kappa shape index (κ2) is 7.06. The SMILES string of the molecule is O=C1OC(C(=O)Nc2nc(-c3ccco3)c(-c3ccco3)s2)Cc2ccccc21. The molecule has 1 aromatic carbocycles. The van der Waals surface area contributed by atoms with Gasteiger partial charge in [0.1, 0.15) is 16.3 Å². The minimum Gasteiger partial charge on any atom is -0.463 e. The lowest BCUT2D eigenvalue weighted by atomic mass is 9.98. The van der Waals surface area contributed by atoms with Crippen molar-refractivity contribution in [3.63, 3.8) is 0 Å². The monoisotopic (exact) mass is 406 g/mol. The Balaban J connectivity index is 1.42. The van der Waals surface area contributed by atoms with Gasteiger partial charge in [0.25, 0.3) is 5.91 Å². The third kappa shape index (κ3) is 3.23. The molecule has 0 aliphatic carbocycles. The fourth-order valence-corrected chi connectivity index (χ4v) is 4.13. The smallest absolute Gasteiger partial charge is 0.339 e. The van der Waals surface area contributed by atoms with Gasteiger partial charge in [-0.25, -0.2) is 9.78 Å². The van der Waals surface area contributed by atoms with E-state index in [4.69, 9.17) is 13.6 Å². The number of thiazole rings is 1. The number of furan rings is 2. The summed E-state index contributed by atoms with van der Waals surface area (Å²) in [5, 5.41) is 3.12. The number of amides is 1. The number of esters is 1. The molecule has 0 radical (unpaired) electrons. The van der Waals surface area contributed by atoms with E-state index in [1.54, 1.807) is 42.9 Å². The molecule has 8 heteroatoms. The van der Waals surface area contributed by atoms with Crippen LogP contribution in [0.5, 0.6) is 0 Å². The maximum absolute atomic E-state index is 12.7. The Labute approximate surface area is 168 Å². The van der Waals surface area contributed by atoms with Gasteiger partial charge < -0.3 is 13.6 Å². The number of carbonyl (C=O) groups is 2. The van der Waals surface area contributed by atoms with E-state index >= 15 is 0 Å². The van der Waals surface area contributed by atoms with Crippen molar-refractivity contribution in [3.8, 4) is 22.1 Å². The number of benzene rings is 1. The molecule has 4 aromatic rings. The highest BCUT2D eigenvalue weighted by molar-refractivity contribution is 7.19. The second-order valence-corrected chi connectivity index (χ2v) is 7.39. The van der Waals surface area contributed by atoms with Gasteiger partial charge in [-0.05, 0) is 35.9 Å². The van der Waals surface area contributed by atoms with Crippen LogP contribution in [0.1, 0.15) is 15.9 Å². The summed E-state index contributed by atoms with van der Waals surface area (Å²) in [6, 6.07) is 14.2. The molecule has 0 bridgehead atoms. The zero-order valence-electron chi connectivity index (χ0n) is 15.0. The topological polar surface area (TPSA) is 94.6 Å². The number of nitrogens with zero attached hydrogens (tertiary/aromatic N) is 1. The predicted octanol–water partition coefficient (Wildman–Crippen LogP) is 4.38. The van der Waals surface area contributed by atoms with E-state index in [0.717, 1.165) is 10.4 Å². The Kier molecular flexibility index (Phi) is 4.25. The van der Waals surface area contributed by atoms with Crippen molar-refractivity contribution in [2.75, 3.05) is 5.32 Å². The molecule has 1 aliphatic rings. The van der Waals surface area contributed by atoms with Gasteiger partial charge in [-0.2, -0.15) is 0 Å². The molecule has 5 rings (SSSR count). The molecule has 29 heavy (non-hydrogen) atoms. The van der Waals surface area contributed by atoms with E-state index in [9.17, 15) is 9.59 Å². The standard InChI is InChI=1S/C21H14N2O5S/c24-19(16-11-12-5-1-2-6-13(12)20(25)28-16)23-21-22-17(14-7-3-9-26-14)18(29-21)15-8-4-10-27-15/h1-10,16H,11H2,(H,22,23,24). The summed E-state index contributed by atoms with van der Waals surface area (Å²) in [5.41, 5.74) is 1.85. The van der Waals surface area contributed by atoms with Gasteiger partial charge in [0.15, 0.2) is 17.0 Å². The Morgan fingerprint density at radius 2 is 1.79 bits per heavy atom. The van der Waals surface area contributed by atoms with Crippen LogP contribution < -0.4 is 5.32 Å². The average Bonchev–Trinajstić information content (AvgIpc) is 3.48. The van der Waals surface area contributed by atoms with Crippen LogP contribution in [0.4, 0.5) is 5.13 Å². The van der Waals surface area contributed by atoms with Crippen LogP contribution in [0.2, 0.25) is 0 Å². The van der Waals surface area contributed by atoms with E-state index in [1.165, 1.54) is 11.3 Å². The molecule has 1 N–H and O–H groups in total. The number of hydrogen-bond donors (Lipinski definition) is 1. The van der Waals surface area contributed by atoms with E-state index in [-0.39, 0.29) is 0 Å². The summed E-state index contributed by atoms with van der Waals surface area (Å²) in [5.74, 6) is 0.246. The Bertz CT molecular complexity index is 1130. The fraction of sp³-hybridized carbons (Fsp3) is 0.0952. The molecule has 0 fully saturated rings. The van der Waals surface area contributed by atoms with Crippen LogP contribution in [-0.2, 0) is 16.0 Å². The summed E-state index contributed by atoms with van der Waals surface area (Å²) >= 11 is 1.26. The lowest BCUT2D eigenvalue weighted by molar-refractivity contribution is -0.125. The third-order valence-electron chi connectivity index (χ3n) is 4.54. The first-order chi connectivity index (χ1) is 14.2. The van der Waals surface area contributed by atoms with Crippen molar-refractivity contribution < 1.29 is 23.2 Å². The van der Waals surface area contributed by atoms with Gasteiger partial charge >= 0.3 is 5.97 Å². The van der Waals surface area contributed by atoms with Gasteiger partial charge in [0.05, 0.1) is 18.1 Å². The van der Waals surface area contributed by atoms with Gasteiger partial charge in [-0.15, -0.1) is 0 Å². The fourth-order valence-electron chi connectivity index (χ4n) is 3.19. The number of anilines is 1. The number of hydrogen-bond acceptors (Lipinski definition) is 7. The van der Waals surface area contributed by atoms with Crippen molar-refractivity contribution in [2.24, 2.45) is 0 Å². The quantitative estimate of drug-likeness (QED) is 0.505. The number of carbonyl (C=O) groups excluding carboxylic acids is 2. The van der Waals surface area contributed by atoms with Crippen LogP contribution in [-0.4, -0.2) is 23.0 Å². The molecule has 0 spiro atoms. The summed E-state index contributed by atoms with van der Waals surface area (Å²) in [4.78, 5) is 30.2. The number of aromatic nitrogens is 1. The zero-order chi connectivity index (χ0) is 19.8. The Hall–Kier alpha value is -3.65. The molecule has 1 aliphatic heterocycles. The number of ether oxygens (including phenoxy) is 1. The summed E-state index contributed by atoms with van der Waals surface area (Å²) in [7, 11) is 0. The van der Waals surface area contributed by atoms with E-state index in [1.807, 2.05) is 18.2 Å². The van der Waals surface area contributed by atoms with Crippen molar-refractivity contribution >= 4 is 28.3 Å². The van der Waals surface area contributed by atoms with Gasteiger partial charge in [0, 0.05) is 6.42 Å². The lowest BCUT2D eigenvalue weighted by Gasteiger charge is -2.23. The zero-order valence-corrected chi connectivity index (χ0v) is 15.8. The summed E-state index contributed by atoms with van der Waals surface area (Å²) in [6.45, 7) is 0. The molecule has 4 heterocycles. The molecule has 1 amide bonds. The highest BCUT2D eigenvalue weighted by Crippen LogP contribution is 2.39. The molecule has 0 saturated heterocycles. The Morgan fingerprint density at radius 1 is 1.03 bits per heavy atom. The average molecular weight is 406 g/mol. The normalized spacial score (nSPS) is 15.6. The highest BCUT2D eigenvalue weighted by Gasteiger charge is 2.32. The van der Waals surface area contributed by atoms with Crippen LogP contribution in [0.25, 0.3) is 22.1 Å². The van der Waals surface area contributed by atoms with Gasteiger partial charge in [-0.3, -0.25) is 10.1 Å². The lowest BCUT2D eigenvalue weighted by Crippen LogP contribution is -2.37. The molecule has 1 atom stereocenters. The van der Waals surface area contributed by atoms with Crippen molar-refractivity contribution in [3.05, 3.63) is 72.2 Å². The first kappa shape index (κ1) is 17.4. The minimum absolute atomic E-state index is 0.315. The van der Waals surface area contributed by atoms with Crippen LogP contribution in [0.15, 0.2) is 69.9 Å². The molecule has 3 aromatic heterocycles. The Morgan fingerprint density at radius 3 is 2.55 bits per heavy atom. The van der Waals surface area contributed by atoms with Gasteiger partial charge in [0.2, 0.25) is 0 Å². The molecular formula is C21H14N2O5S. The molecule has 7 nitrogen and oxygen atoms in total. The third-order valence-corrected chi connectivity index (χ3v) is 5.53. The largest absolute Gasteiger partial charge is 0.463 e. The van der Waals surface area contributed by atoms with E-state index in [0.29, 0.717) is 34.3 Å². The van der Waals surface area contributed by atoms with Crippen molar-refractivity contribution in [2.45, 2.75) is 12.5 Å². The summed E-state index contributed by atoms with van der Waals surface area (Å²) < 4.78 is 16.3. The minimum atomic E-state index is -0.916. The second-order valence-electron chi connectivity index (χ2n) is 6.40. The number of rotatable bonds is 4.